The minimum atomic E-state index is -0.779. The summed E-state index contributed by atoms with van der Waals surface area (Å²) in [5.74, 6) is -0.779. The SMILES string of the molecule is O=[N+]([O-])c1c(F)cccc1NC1CCN2CCCCC12. The van der Waals surface area contributed by atoms with E-state index >= 15 is 0 Å². The molecular weight excluding hydrogens is 261 g/mol. The fourth-order valence-corrected chi connectivity index (χ4v) is 3.43. The van der Waals surface area contributed by atoms with Crippen molar-refractivity contribution in [1.82, 2.24) is 4.90 Å². The quantitative estimate of drug-likeness (QED) is 0.682. The molecule has 2 aliphatic heterocycles. The van der Waals surface area contributed by atoms with Crippen LogP contribution in [0.4, 0.5) is 15.8 Å². The molecule has 2 aliphatic rings. The number of para-hydroxylation sites is 1. The summed E-state index contributed by atoms with van der Waals surface area (Å²) in [7, 11) is 0. The van der Waals surface area contributed by atoms with Crippen LogP contribution >= 0.6 is 0 Å². The average molecular weight is 279 g/mol. The van der Waals surface area contributed by atoms with E-state index in [0.29, 0.717) is 11.7 Å². The van der Waals surface area contributed by atoms with Crippen molar-refractivity contribution in [1.29, 1.82) is 0 Å². The second-order valence-electron chi connectivity index (χ2n) is 5.53. The number of hydrogen-bond donors (Lipinski definition) is 1. The van der Waals surface area contributed by atoms with Gasteiger partial charge < -0.3 is 5.32 Å². The first-order valence-electron chi connectivity index (χ1n) is 7.10. The maximum absolute atomic E-state index is 13.6. The highest BCUT2D eigenvalue weighted by Gasteiger charge is 2.36. The van der Waals surface area contributed by atoms with Gasteiger partial charge >= 0.3 is 5.69 Å². The first-order valence-corrected chi connectivity index (χ1v) is 7.10. The number of hydrogen-bond acceptors (Lipinski definition) is 4. The molecule has 0 aromatic heterocycles. The number of rotatable bonds is 3. The third-order valence-corrected chi connectivity index (χ3v) is 4.37. The minimum absolute atomic E-state index is 0.177. The Bertz CT molecular complexity index is 523. The molecule has 20 heavy (non-hydrogen) atoms. The highest BCUT2D eigenvalue weighted by molar-refractivity contribution is 5.62. The zero-order valence-corrected chi connectivity index (χ0v) is 11.2. The molecule has 2 atom stereocenters. The molecule has 2 unspecified atom stereocenters. The van der Waals surface area contributed by atoms with E-state index in [0.717, 1.165) is 32.0 Å². The number of nitrogens with one attached hydrogen (secondary N) is 1. The molecule has 0 spiro atoms. The third-order valence-electron chi connectivity index (χ3n) is 4.37. The Hall–Kier alpha value is -1.69. The minimum Gasteiger partial charge on any atom is -0.375 e. The molecule has 1 aromatic carbocycles. The molecule has 108 valence electrons. The van der Waals surface area contributed by atoms with Gasteiger partial charge in [-0.3, -0.25) is 15.0 Å². The third kappa shape index (κ3) is 2.35. The van der Waals surface area contributed by atoms with Crippen molar-refractivity contribution in [3.63, 3.8) is 0 Å². The summed E-state index contributed by atoms with van der Waals surface area (Å²) in [6.45, 7) is 2.12. The number of nitro benzene ring substituents is 1. The summed E-state index contributed by atoms with van der Waals surface area (Å²) in [4.78, 5) is 12.8. The van der Waals surface area contributed by atoms with Crippen LogP contribution in [0.15, 0.2) is 18.2 Å². The van der Waals surface area contributed by atoms with Gasteiger partial charge in [0.25, 0.3) is 0 Å². The van der Waals surface area contributed by atoms with Gasteiger partial charge in [0.2, 0.25) is 5.82 Å². The number of fused-ring (bicyclic) bond motifs is 1. The molecule has 0 amide bonds. The van der Waals surface area contributed by atoms with Crippen LogP contribution in [-0.4, -0.2) is 35.0 Å². The lowest BCUT2D eigenvalue weighted by molar-refractivity contribution is -0.386. The zero-order chi connectivity index (χ0) is 14.1. The second-order valence-corrected chi connectivity index (χ2v) is 5.53. The van der Waals surface area contributed by atoms with Crippen molar-refractivity contribution in [3.05, 3.63) is 34.1 Å². The van der Waals surface area contributed by atoms with Crippen molar-refractivity contribution < 1.29 is 9.31 Å². The van der Waals surface area contributed by atoms with E-state index in [1.807, 2.05) is 0 Å². The largest absolute Gasteiger partial charge is 0.375 e. The van der Waals surface area contributed by atoms with Gasteiger partial charge in [0.1, 0.15) is 5.69 Å². The maximum atomic E-state index is 13.6. The Morgan fingerprint density at radius 1 is 1.30 bits per heavy atom. The van der Waals surface area contributed by atoms with Crippen LogP contribution in [0.5, 0.6) is 0 Å². The monoisotopic (exact) mass is 279 g/mol. The van der Waals surface area contributed by atoms with Crippen molar-refractivity contribution in [2.24, 2.45) is 0 Å². The lowest BCUT2D eigenvalue weighted by atomic mass is 9.99. The van der Waals surface area contributed by atoms with Crippen LogP contribution in [0.2, 0.25) is 0 Å². The zero-order valence-electron chi connectivity index (χ0n) is 11.2. The van der Waals surface area contributed by atoms with Crippen LogP contribution in [0.1, 0.15) is 25.7 Å². The van der Waals surface area contributed by atoms with E-state index < -0.39 is 16.4 Å². The summed E-state index contributed by atoms with van der Waals surface area (Å²) < 4.78 is 13.6. The first-order chi connectivity index (χ1) is 9.66. The topological polar surface area (TPSA) is 58.4 Å². The fourth-order valence-electron chi connectivity index (χ4n) is 3.43. The number of anilines is 1. The summed E-state index contributed by atoms with van der Waals surface area (Å²) >= 11 is 0. The smallest absolute Gasteiger partial charge is 0.327 e. The molecule has 0 aliphatic carbocycles. The van der Waals surface area contributed by atoms with E-state index in [2.05, 4.69) is 10.2 Å². The van der Waals surface area contributed by atoms with Crippen molar-refractivity contribution in [2.75, 3.05) is 18.4 Å². The fraction of sp³-hybridized carbons (Fsp3) is 0.571. The molecule has 1 N–H and O–H groups in total. The highest BCUT2D eigenvalue weighted by atomic mass is 19.1. The molecule has 0 saturated carbocycles. The molecule has 6 heteroatoms. The second kappa shape index (κ2) is 5.36. The van der Waals surface area contributed by atoms with E-state index in [4.69, 9.17) is 0 Å². The predicted octanol–water partition coefficient (Wildman–Crippen LogP) is 2.77. The Balaban J connectivity index is 1.81. The van der Waals surface area contributed by atoms with Crippen LogP contribution in [-0.2, 0) is 0 Å². The molecule has 0 bridgehead atoms. The van der Waals surface area contributed by atoms with Gasteiger partial charge in [0, 0.05) is 18.6 Å². The van der Waals surface area contributed by atoms with Gasteiger partial charge in [-0.05, 0) is 37.9 Å². The molecule has 1 aromatic rings. The molecule has 2 saturated heterocycles. The van der Waals surface area contributed by atoms with Gasteiger partial charge in [-0.1, -0.05) is 12.5 Å². The predicted molar refractivity (Wildman–Crippen MR) is 74.3 cm³/mol. The van der Waals surface area contributed by atoms with Gasteiger partial charge in [-0.15, -0.1) is 0 Å². The molecule has 5 nitrogen and oxygen atoms in total. The van der Waals surface area contributed by atoms with Crippen molar-refractivity contribution in [2.45, 2.75) is 37.8 Å². The van der Waals surface area contributed by atoms with E-state index in [1.54, 1.807) is 6.07 Å². The van der Waals surface area contributed by atoms with Crippen LogP contribution in [0.25, 0.3) is 0 Å². The highest BCUT2D eigenvalue weighted by Crippen LogP contribution is 2.33. The Morgan fingerprint density at radius 3 is 2.95 bits per heavy atom. The van der Waals surface area contributed by atoms with Crippen LogP contribution in [0, 0.1) is 15.9 Å². The number of benzene rings is 1. The standard InChI is InChI=1S/C14H18FN3O2/c15-10-4-3-5-12(14(10)18(19)20)16-11-7-9-17-8-2-1-6-13(11)17/h3-5,11,13,16H,1-2,6-9H2. The number of halogens is 1. The summed E-state index contributed by atoms with van der Waals surface area (Å²) in [5, 5.41) is 14.2. The van der Waals surface area contributed by atoms with E-state index in [1.165, 1.54) is 18.9 Å². The molecule has 2 fully saturated rings. The summed E-state index contributed by atoms with van der Waals surface area (Å²) in [6.07, 6.45) is 4.49. The van der Waals surface area contributed by atoms with Gasteiger partial charge in [0.05, 0.1) is 4.92 Å². The summed E-state index contributed by atoms with van der Waals surface area (Å²) in [5.41, 5.74) is -0.144. The van der Waals surface area contributed by atoms with Gasteiger partial charge in [-0.25, -0.2) is 0 Å². The Morgan fingerprint density at radius 2 is 2.15 bits per heavy atom. The Kier molecular flexibility index (Phi) is 3.56. The van der Waals surface area contributed by atoms with E-state index in [9.17, 15) is 14.5 Å². The maximum Gasteiger partial charge on any atom is 0.327 e. The lowest BCUT2D eigenvalue weighted by Crippen LogP contribution is -2.41. The first kappa shape index (κ1) is 13.3. The number of nitrogens with zero attached hydrogens (tertiary/aromatic N) is 2. The average Bonchev–Trinajstić information content (AvgIpc) is 2.82. The van der Waals surface area contributed by atoms with Gasteiger partial charge in [-0.2, -0.15) is 4.39 Å². The number of nitro groups is 1. The van der Waals surface area contributed by atoms with Crippen LogP contribution < -0.4 is 5.32 Å². The molecule has 3 rings (SSSR count). The normalized spacial score (nSPS) is 26.2. The lowest BCUT2D eigenvalue weighted by Gasteiger charge is -2.32. The van der Waals surface area contributed by atoms with Crippen molar-refractivity contribution in [3.8, 4) is 0 Å². The van der Waals surface area contributed by atoms with Gasteiger partial charge in [0.15, 0.2) is 0 Å². The van der Waals surface area contributed by atoms with Crippen molar-refractivity contribution >= 4 is 11.4 Å². The molecule has 2 heterocycles. The number of piperidine rings is 1. The molecule has 0 radical (unpaired) electrons. The van der Waals surface area contributed by atoms with Crippen LogP contribution in [0.3, 0.4) is 0 Å². The molecular formula is C14H18FN3O2. The summed E-state index contributed by atoms with van der Waals surface area (Å²) in [6, 6.07) is 4.83. The van der Waals surface area contributed by atoms with E-state index in [-0.39, 0.29) is 6.04 Å². The Labute approximate surface area is 116 Å².